The van der Waals surface area contributed by atoms with Crippen molar-refractivity contribution in [2.24, 2.45) is 5.92 Å². The van der Waals surface area contributed by atoms with Gasteiger partial charge in [0.2, 0.25) is 5.95 Å². The predicted octanol–water partition coefficient (Wildman–Crippen LogP) is 1.31. The molecule has 1 fully saturated rings. The molecule has 0 spiro atoms. The van der Waals surface area contributed by atoms with Crippen LogP contribution in [0.5, 0.6) is 0 Å². The second kappa shape index (κ2) is 9.29. The van der Waals surface area contributed by atoms with Gasteiger partial charge in [0.05, 0.1) is 0 Å². The number of carbonyl (C=O) groups excluding carboxylic acids is 1. The first kappa shape index (κ1) is 17.5. The molecule has 0 unspecified atom stereocenters. The van der Waals surface area contributed by atoms with Crippen molar-refractivity contribution in [1.29, 1.82) is 0 Å². The van der Waals surface area contributed by atoms with Crippen LogP contribution in [0.2, 0.25) is 0 Å². The number of nitrogens with one attached hydrogen (secondary N) is 3. The van der Waals surface area contributed by atoms with E-state index in [1.165, 1.54) is 19.4 Å². The number of hydrogen-bond donors (Lipinski definition) is 3. The van der Waals surface area contributed by atoms with Crippen molar-refractivity contribution >= 4 is 12.0 Å². The highest BCUT2D eigenvalue weighted by Gasteiger charge is 2.21. The molecule has 7 nitrogen and oxygen atoms in total. The lowest BCUT2D eigenvalue weighted by Gasteiger charge is -2.35. The molecular weight excluding hydrogens is 292 g/mol. The maximum Gasteiger partial charge on any atom is 0.314 e. The van der Waals surface area contributed by atoms with E-state index in [1.807, 2.05) is 0 Å². The highest BCUT2D eigenvalue weighted by Crippen LogP contribution is 2.17. The molecule has 2 rings (SSSR count). The second-order valence-electron chi connectivity index (χ2n) is 6.23. The van der Waals surface area contributed by atoms with E-state index in [9.17, 15) is 4.79 Å². The van der Waals surface area contributed by atoms with Crippen molar-refractivity contribution in [3.63, 3.8) is 0 Å². The minimum atomic E-state index is -0.109. The average molecular weight is 320 g/mol. The van der Waals surface area contributed by atoms with E-state index < -0.39 is 0 Å². The van der Waals surface area contributed by atoms with Gasteiger partial charge < -0.3 is 20.9 Å². The molecule has 1 aromatic heterocycles. The molecule has 7 heteroatoms. The molecular formula is C16H28N6O. The number of likely N-dealkylation sites (tertiary alicyclic amines) is 1. The van der Waals surface area contributed by atoms with Crippen molar-refractivity contribution in [2.45, 2.75) is 32.7 Å². The van der Waals surface area contributed by atoms with Crippen LogP contribution in [0.25, 0.3) is 0 Å². The van der Waals surface area contributed by atoms with Crippen LogP contribution >= 0.6 is 0 Å². The summed E-state index contributed by atoms with van der Waals surface area (Å²) in [7, 11) is 0. The second-order valence-corrected chi connectivity index (χ2v) is 6.23. The minimum Gasteiger partial charge on any atom is -0.352 e. The van der Waals surface area contributed by atoms with Gasteiger partial charge in [-0.25, -0.2) is 14.8 Å². The zero-order chi connectivity index (χ0) is 16.5. The van der Waals surface area contributed by atoms with Gasteiger partial charge in [-0.15, -0.1) is 0 Å². The molecule has 128 valence electrons. The number of aromatic nitrogens is 2. The first-order valence-electron chi connectivity index (χ1n) is 8.42. The van der Waals surface area contributed by atoms with Crippen LogP contribution in [0.15, 0.2) is 18.5 Å². The Balaban J connectivity index is 1.56. The Morgan fingerprint density at radius 1 is 1.30 bits per heavy atom. The van der Waals surface area contributed by atoms with Crippen LogP contribution in [0.1, 0.15) is 26.7 Å². The molecule has 0 saturated carbocycles. The lowest BCUT2D eigenvalue weighted by Crippen LogP contribution is -2.46. The van der Waals surface area contributed by atoms with Gasteiger partial charge in [0.1, 0.15) is 0 Å². The molecule has 1 saturated heterocycles. The summed E-state index contributed by atoms with van der Waals surface area (Å²) in [4.78, 5) is 22.4. The van der Waals surface area contributed by atoms with Crippen molar-refractivity contribution in [3.05, 3.63) is 18.5 Å². The van der Waals surface area contributed by atoms with Gasteiger partial charge in [0.25, 0.3) is 0 Å². The lowest BCUT2D eigenvalue weighted by molar-refractivity contribution is 0.139. The first-order valence-corrected chi connectivity index (χ1v) is 8.42. The number of piperidine rings is 1. The summed E-state index contributed by atoms with van der Waals surface area (Å²) in [6, 6.07) is 2.24. The van der Waals surface area contributed by atoms with Crippen LogP contribution in [-0.4, -0.2) is 59.7 Å². The van der Waals surface area contributed by atoms with E-state index in [-0.39, 0.29) is 6.03 Å². The van der Waals surface area contributed by atoms with Crippen LogP contribution < -0.4 is 16.0 Å². The van der Waals surface area contributed by atoms with Crippen LogP contribution in [0.3, 0.4) is 0 Å². The van der Waals surface area contributed by atoms with E-state index in [0.717, 1.165) is 13.1 Å². The van der Waals surface area contributed by atoms with Crippen molar-refractivity contribution in [1.82, 2.24) is 25.5 Å². The molecule has 2 heterocycles. The molecule has 0 radical (unpaired) electrons. The quantitative estimate of drug-likeness (QED) is 0.660. The zero-order valence-corrected chi connectivity index (χ0v) is 14.1. The van der Waals surface area contributed by atoms with Crippen LogP contribution in [0, 0.1) is 5.92 Å². The topological polar surface area (TPSA) is 82.2 Å². The highest BCUT2D eigenvalue weighted by molar-refractivity contribution is 5.73. The maximum absolute atomic E-state index is 11.8. The number of carbonyl (C=O) groups is 1. The number of nitrogens with zero attached hydrogens (tertiary/aromatic N) is 3. The van der Waals surface area contributed by atoms with E-state index in [0.29, 0.717) is 31.0 Å². The molecule has 3 N–H and O–H groups in total. The van der Waals surface area contributed by atoms with Gasteiger partial charge in [-0.05, 0) is 45.2 Å². The molecule has 1 aliphatic rings. The fourth-order valence-corrected chi connectivity index (χ4v) is 2.77. The molecule has 0 bridgehead atoms. The van der Waals surface area contributed by atoms with Crippen LogP contribution in [0.4, 0.5) is 10.7 Å². The summed E-state index contributed by atoms with van der Waals surface area (Å²) in [5.41, 5.74) is 0. The summed E-state index contributed by atoms with van der Waals surface area (Å²) in [6.45, 7) is 8.58. The number of amides is 2. The molecule has 1 atom stereocenters. The average Bonchev–Trinajstić information content (AvgIpc) is 2.58. The van der Waals surface area contributed by atoms with Crippen molar-refractivity contribution in [2.75, 3.05) is 38.0 Å². The number of rotatable bonds is 7. The van der Waals surface area contributed by atoms with Crippen molar-refractivity contribution < 1.29 is 4.79 Å². The summed E-state index contributed by atoms with van der Waals surface area (Å²) >= 11 is 0. The Bertz CT molecular complexity index is 467. The largest absolute Gasteiger partial charge is 0.352 e. The summed E-state index contributed by atoms with van der Waals surface area (Å²) < 4.78 is 0. The Kier molecular flexibility index (Phi) is 7.06. The third-order valence-corrected chi connectivity index (χ3v) is 4.09. The predicted molar refractivity (Wildman–Crippen MR) is 91.4 cm³/mol. The lowest BCUT2D eigenvalue weighted by atomic mass is 9.97. The molecule has 0 aliphatic carbocycles. The summed E-state index contributed by atoms with van der Waals surface area (Å²) in [5.74, 6) is 1.12. The number of anilines is 1. The first-order chi connectivity index (χ1) is 11.1. The fourth-order valence-electron chi connectivity index (χ4n) is 2.77. The van der Waals surface area contributed by atoms with E-state index in [4.69, 9.17) is 0 Å². The van der Waals surface area contributed by atoms with E-state index in [2.05, 4.69) is 44.7 Å². The van der Waals surface area contributed by atoms with Gasteiger partial charge in [-0.3, -0.25) is 0 Å². The zero-order valence-electron chi connectivity index (χ0n) is 14.1. The van der Waals surface area contributed by atoms with Crippen molar-refractivity contribution in [3.8, 4) is 0 Å². The number of hydrogen-bond acceptors (Lipinski definition) is 5. The van der Waals surface area contributed by atoms with Gasteiger partial charge >= 0.3 is 6.03 Å². The van der Waals surface area contributed by atoms with Gasteiger partial charge in [0.15, 0.2) is 0 Å². The molecule has 1 aromatic rings. The molecule has 23 heavy (non-hydrogen) atoms. The monoisotopic (exact) mass is 320 g/mol. The molecule has 2 amide bonds. The third kappa shape index (κ3) is 6.40. The third-order valence-electron chi connectivity index (χ3n) is 4.09. The normalized spacial score (nSPS) is 18.7. The summed E-state index contributed by atoms with van der Waals surface area (Å²) in [5, 5.41) is 8.87. The standard InChI is InChI=1S/C16H28N6O/c1-13(2)22-10-3-5-14(12-22)11-21-16(23)20-9-8-19-15-17-6-4-7-18-15/h4,6-7,13-14H,3,5,8-12H2,1-2H3,(H,17,18,19)(H2,20,21,23)/t14-/m1/s1. The van der Waals surface area contributed by atoms with Gasteiger partial charge in [-0.2, -0.15) is 0 Å². The fraction of sp³-hybridized carbons (Fsp3) is 0.688. The minimum absolute atomic E-state index is 0.109. The summed E-state index contributed by atoms with van der Waals surface area (Å²) in [6.07, 6.45) is 5.77. The Morgan fingerprint density at radius 2 is 2.09 bits per heavy atom. The van der Waals surface area contributed by atoms with E-state index in [1.54, 1.807) is 18.5 Å². The Morgan fingerprint density at radius 3 is 2.83 bits per heavy atom. The van der Waals surface area contributed by atoms with Gasteiger partial charge in [-0.1, -0.05) is 0 Å². The highest BCUT2D eigenvalue weighted by atomic mass is 16.2. The van der Waals surface area contributed by atoms with Crippen LogP contribution in [-0.2, 0) is 0 Å². The van der Waals surface area contributed by atoms with E-state index >= 15 is 0 Å². The SMILES string of the molecule is CC(C)N1CCC[C@H](CNC(=O)NCCNc2ncccn2)C1. The number of urea groups is 1. The Labute approximate surface area is 138 Å². The molecule has 1 aliphatic heterocycles. The molecule has 0 aromatic carbocycles. The smallest absolute Gasteiger partial charge is 0.314 e. The Hall–Kier alpha value is -1.89. The van der Waals surface area contributed by atoms with Gasteiger partial charge in [0, 0.05) is 44.6 Å². The maximum atomic E-state index is 11.8.